The number of carbonyl (C=O) groups excluding carboxylic acids is 1. The number of piperidine rings is 1. The van der Waals surface area contributed by atoms with E-state index in [9.17, 15) is 13.2 Å². The Labute approximate surface area is 143 Å². The van der Waals surface area contributed by atoms with Crippen molar-refractivity contribution in [2.75, 3.05) is 39.3 Å². The fraction of sp³-hybridized carbons (Fsp3) is 0.588. The highest BCUT2D eigenvalue weighted by molar-refractivity contribution is 7.89. The van der Waals surface area contributed by atoms with E-state index < -0.39 is 10.0 Å². The molecule has 3 rings (SSSR count). The van der Waals surface area contributed by atoms with E-state index in [2.05, 4.69) is 5.32 Å². The Balaban J connectivity index is 1.65. The summed E-state index contributed by atoms with van der Waals surface area (Å²) >= 11 is 0. The van der Waals surface area contributed by atoms with Crippen LogP contribution in [-0.2, 0) is 14.8 Å². The SMILES string of the molecule is O=C(C1CCCNC1)N1CCCN(S(=O)(=O)c2ccccc2)CC1. The van der Waals surface area contributed by atoms with Crippen LogP contribution >= 0.6 is 0 Å². The highest BCUT2D eigenvalue weighted by Gasteiger charge is 2.31. The number of hydrogen-bond donors (Lipinski definition) is 1. The summed E-state index contributed by atoms with van der Waals surface area (Å²) in [5.41, 5.74) is 0. The second-order valence-electron chi connectivity index (χ2n) is 6.44. The first-order chi connectivity index (χ1) is 11.6. The van der Waals surface area contributed by atoms with Gasteiger partial charge in [-0.3, -0.25) is 4.79 Å². The van der Waals surface area contributed by atoms with E-state index in [1.54, 1.807) is 30.3 Å². The largest absolute Gasteiger partial charge is 0.341 e. The molecule has 24 heavy (non-hydrogen) atoms. The quantitative estimate of drug-likeness (QED) is 0.879. The summed E-state index contributed by atoms with van der Waals surface area (Å²) in [6.45, 7) is 3.65. The molecule has 0 radical (unpaired) electrons. The van der Waals surface area contributed by atoms with Gasteiger partial charge in [0.1, 0.15) is 0 Å². The van der Waals surface area contributed by atoms with Crippen LogP contribution < -0.4 is 5.32 Å². The van der Waals surface area contributed by atoms with E-state index in [0.29, 0.717) is 37.5 Å². The zero-order valence-electron chi connectivity index (χ0n) is 13.9. The Morgan fingerprint density at radius 1 is 1.04 bits per heavy atom. The molecule has 1 atom stereocenters. The van der Waals surface area contributed by atoms with Gasteiger partial charge in [0.25, 0.3) is 0 Å². The summed E-state index contributed by atoms with van der Waals surface area (Å²) in [5.74, 6) is 0.206. The van der Waals surface area contributed by atoms with Gasteiger partial charge in [0, 0.05) is 32.7 Å². The summed E-state index contributed by atoms with van der Waals surface area (Å²) < 4.78 is 27.0. The molecule has 0 saturated carbocycles. The van der Waals surface area contributed by atoms with Crippen LogP contribution in [-0.4, -0.2) is 62.8 Å². The molecule has 2 saturated heterocycles. The van der Waals surface area contributed by atoms with Gasteiger partial charge in [-0.25, -0.2) is 8.42 Å². The molecule has 1 aromatic rings. The van der Waals surface area contributed by atoms with Gasteiger partial charge in [-0.15, -0.1) is 0 Å². The van der Waals surface area contributed by atoms with E-state index in [1.165, 1.54) is 4.31 Å². The Kier molecular flexibility index (Phi) is 5.53. The fourth-order valence-electron chi connectivity index (χ4n) is 3.42. The van der Waals surface area contributed by atoms with E-state index in [4.69, 9.17) is 0 Å². The van der Waals surface area contributed by atoms with Crippen LogP contribution in [0.4, 0.5) is 0 Å². The molecule has 0 aliphatic carbocycles. The van der Waals surface area contributed by atoms with Crippen LogP contribution in [0.15, 0.2) is 35.2 Å². The number of nitrogens with zero attached hydrogens (tertiary/aromatic N) is 2. The van der Waals surface area contributed by atoms with Crippen LogP contribution in [0.1, 0.15) is 19.3 Å². The molecule has 2 aliphatic rings. The van der Waals surface area contributed by atoms with Crippen molar-refractivity contribution in [3.63, 3.8) is 0 Å². The molecule has 1 unspecified atom stereocenters. The number of rotatable bonds is 3. The molecule has 0 spiro atoms. The van der Waals surface area contributed by atoms with Crippen molar-refractivity contribution in [1.82, 2.24) is 14.5 Å². The average molecular weight is 351 g/mol. The normalized spacial score (nSPS) is 23.7. The molecule has 132 valence electrons. The standard InChI is InChI=1S/C17H25N3O3S/c21-17(15-6-4-9-18-14-15)19-10-5-11-20(13-12-19)24(22,23)16-7-2-1-3-8-16/h1-3,7-8,15,18H,4-6,9-14H2. The Morgan fingerprint density at radius 3 is 2.54 bits per heavy atom. The molecule has 2 aliphatic heterocycles. The molecule has 0 bridgehead atoms. The smallest absolute Gasteiger partial charge is 0.243 e. The summed E-state index contributed by atoms with van der Waals surface area (Å²) in [4.78, 5) is 14.8. The maximum atomic E-state index is 12.7. The molecule has 0 aromatic heterocycles. The first-order valence-corrected chi connectivity index (χ1v) is 10.1. The molecule has 2 fully saturated rings. The first-order valence-electron chi connectivity index (χ1n) is 8.64. The lowest BCUT2D eigenvalue weighted by atomic mass is 9.98. The predicted octanol–water partition coefficient (Wildman–Crippen LogP) is 0.909. The molecular formula is C17H25N3O3S. The summed E-state index contributed by atoms with van der Waals surface area (Å²) in [5, 5.41) is 3.27. The zero-order chi connectivity index (χ0) is 17.0. The monoisotopic (exact) mass is 351 g/mol. The predicted molar refractivity (Wildman–Crippen MR) is 92.0 cm³/mol. The third-order valence-electron chi connectivity index (χ3n) is 4.79. The highest BCUT2D eigenvalue weighted by Crippen LogP contribution is 2.19. The number of hydrogen-bond acceptors (Lipinski definition) is 4. The summed E-state index contributed by atoms with van der Waals surface area (Å²) in [7, 11) is -3.48. The van der Waals surface area contributed by atoms with Gasteiger partial charge in [-0.05, 0) is 37.9 Å². The van der Waals surface area contributed by atoms with Gasteiger partial charge >= 0.3 is 0 Å². The van der Waals surface area contributed by atoms with Crippen molar-refractivity contribution in [3.8, 4) is 0 Å². The molecular weight excluding hydrogens is 326 g/mol. The van der Waals surface area contributed by atoms with E-state index in [0.717, 1.165) is 25.9 Å². The average Bonchev–Trinajstić information content (AvgIpc) is 2.89. The lowest BCUT2D eigenvalue weighted by molar-refractivity contribution is -0.135. The van der Waals surface area contributed by atoms with Gasteiger partial charge in [-0.1, -0.05) is 18.2 Å². The van der Waals surface area contributed by atoms with Crippen LogP contribution in [0.25, 0.3) is 0 Å². The summed E-state index contributed by atoms with van der Waals surface area (Å²) in [6.07, 6.45) is 2.63. The summed E-state index contributed by atoms with van der Waals surface area (Å²) in [6, 6.07) is 8.51. The molecule has 7 heteroatoms. The molecule has 6 nitrogen and oxygen atoms in total. The van der Waals surface area contributed by atoms with Crippen molar-refractivity contribution in [1.29, 1.82) is 0 Å². The van der Waals surface area contributed by atoms with Gasteiger partial charge in [0.05, 0.1) is 10.8 Å². The van der Waals surface area contributed by atoms with E-state index in [-0.39, 0.29) is 11.8 Å². The highest BCUT2D eigenvalue weighted by atomic mass is 32.2. The van der Waals surface area contributed by atoms with Gasteiger partial charge in [-0.2, -0.15) is 4.31 Å². The van der Waals surface area contributed by atoms with E-state index in [1.807, 2.05) is 4.90 Å². The maximum Gasteiger partial charge on any atom is 0.243 e. The van der Waals surface area contributed by atoms with Crippen LogP contribution in [0, 0.1) is 5.92 Å². The maximum absolute atomic E-state index is 12.7. The van der Waals surface area contributed by atoms with Crippen molar-refractivity contribution >= 4 is 15.9 Å². The topological polar surface area (TPSA) is 69.7 Å². The Bertz CT molecular complexity index is 657. The zero-order valence-corrected chi connectivity index (χ0v) is 14.7. The number of nitrogens with one attached hydrogen (secondary N) is 1. The third-order valence-corrected chi connectivity index (χ3v) is 6.71. The Morgan fingerprint density at radius 2 is 1.83 bits per heavy atom. The fourth-order valence-corrected chi connectivity index (χ4v) is 4.91. The molecule has 1 N–H and O–H groups in total. The van der Waals surface area contributed by atoms with Crippen molar-refractivity contribution < 1.29 is 13.2 Å². The second-order valence-corrected chi connectivity index (χ2v) is 8.38. The van der Waals surface area contributed by atoms with Crippen LogP contribution in [0.2, 0.25) is 0 Å². The molecule has 1 aromatic carbocycles. The lowest BCUT2D eigenvalue weighted by Gasteiger charge is -2.28. The van der Waals surface area contributed by atoms with Crippen LogP contribution in [0.3, 0.4) is 0 Å². The first kappa shape index (κ1) is 17.4. The minimum atomic E-state index is -3.48. The van der Waals surface area contributed by atoms with E-state index >= 15 is 0 Å². The van der Waals surface area contributed by atoms with Crippen molar-refractivity contribution in [2.45, 2.75) is 24.2 Å². The number of sulfonamides is 1. The number of amides is 1. The molecule has 1 amide bonds. The molecule has 2 heterocycles. The van der Waals surface area contributed by atoms with Crippen molar-refractivity contribution in [2.24, 2.45) is 5.92 Å². The van der Waals surface area contributed by atoms with Gasteiger partial charge in [0.2, 0.25) is 15.9 Å². The lowest BCUT2D eigenvalue weighted by Crippen LogP contribution is -2.44. The minimum Gasteiger partial charge on any atom is -0.341 e. The number of carbonyl (C=O) groups is 1. The Hall–Kier alpha value is -1.44. The number of benzene rings is 1. The van der Waals surface area contributed by atoms with Gasteiger partial charge in [0.15, 0.2) is 0 Å². The minimum absolute atomic E-state index is 0.0380. The van der Waals surface area contributed by atoms with Crippen molar-refractivity contribution in [3.05, 3.63) is 30.3 Å². The second kappa shape index (κ2) is 7.63. The van der Waals surface area contributed by atoms with Crippen LogP contribution in [0.5, 0.6) is 0 Å². The van der Waals surface area contributed by atoms with Gasteiger partial charge < -0.3 is 10.2 Å². The third kappa shape index (κ3) is 3.79.